The number of imidazole rings is 3. The van der Waals surface area contributed by atoms with E-state index in [0.29, 0.717) is 52.2 Å². The first kappa shape index (κ1) is 62.2. The summed E-state index contributed by atoms with van der Waals surface area (Å²) in [6.45, 7) is 11.4. The molecule has 8 N–H and O–H groups in total. The summed E-state index contributed by atoms with van der Waals surface area (Å²) >= 11 is 4.92. The lowest BCUT2D eigenvalue weighted by Crippen LogP contribution is -2.31. The second-order valence-electron chi connectivity index (χ2n) is 21.2. The van der Waals surface area contributed by atoms with Crippen molar-refractivity contribution >= 4 is 85.3 Å². The summed E-state index contributed by atoms with van der Waals surface area (Å²) < 4.78 is 57.2. The van der Waals surface area contributed by atoms with Crippen LogP contribution in [-0.4, -0.2) is 157 Å². The van der Waals surface area contributed by atoms with Gasteiger partial charge in [0.1, 0.15) is 83.7 Å². The highest BCUT2D eigenvalue weighted by atomic mass is 35.5. The van der Waals surface area contributed by atoms with Crippen molar-refractivity contribution in [1.82, 2.24) is 58.6 Å². The lowest BCUT2D eigenvalue weighted by atomic mass is 10.1. The van der Waals surface area contributed by atoms with Gasteiger partial charge in [-0.05, 0) is 71.2 Å². The first-order valence-corrected chi connectivity index (χ1v) is 27.7. The fourth-order valence-electron chi connectivity index (χ4n) is 10.6. The Bertz CT molecular complexity index is 3840. The zero-order valence-corrected chi connectivity index (χ0v) is 48.5. The number of nitrogen functional groups attached to an aromatic ring is 3. The quantitative estimate of drug-likeness (QED) is 0.0348. The molecule has 0 amide bonds. The number of fused-ring (bicyclic) bond motifs is 5. The number of hydrogen-bond acceptors (Lipinski definition) is 29. The van der Waals surface area contributed by atoms with Crippen molar-refractivity contribution in [2.75, 3.05) is 17.2 Å². The number of carbonyl (C=O) groups is 2. The van der Waals surface area contributed by atoms with Gasteiger partial charge >= 0.3 is 11.4 Å². The monoisotopic (exact) mass is 1240 g/mol. The van der Waals surface area contributed by atoms with Crippen LogP contribution in [0.3, 0.4) is 0 Å². The Hall–Kier alpha value is -8.84. The molecular weight excluding hydrogens is 1180 g/mol. The molecule has 34 nitrogen and oxygen atoms in total. The molecule has 5 fully saturated rings. The largest absolute Gasteiger partial charge is 0.427 e. The van der Waals surface area contributed by atoms with Crippen molar-refractivity contribution in [1.29, 1.82) is 0 Å². The first-order valence-electron chi connectivity index (χ1n) is 27.3. The minimum absolute atomic E-state index is 0.0200. The number of anilines is 3. The van der Waals surface area contributed by atoms with Crippen molar-refractivity contribution in [2.24, 2.45) is 0 Å². The van der Waals surface area contributed by atoms with E-state index in [1.165, 1.54) is 73.8 Å². The summed E-state index contributed by atoms with van der Waals surface area (Å²) in [6.07, 6.45) is 4.95. The molecule has 0 unspecified atom stereocenters. The van der Waals surface area contributed by atoms with Crippen molar-refractivity contribution < 1.29 is 72.3 Å². The number of nitrogens with two attached hydrogens (primary N) is 3. The van der Waals surface area contributed by atoms with E-state index in [9.17, 15) is 40.0 Å². The zero-order valence-electron chi connectivity index (χ0n) is 47.7. The summed E-state index contributed by atoms with van der Waals surface area (Å²) in [5, 5.41) is 40.9. The molecule has 5 saturated heterocycles. The van der Waals surface area contributed by atoms with Gasteiger partial charge in [-0.1, -0.05) is 13.8 Å². The average molecular weight is 1240 g/mol. The lowest BCUT2D eigenvalue weighted by molar-refractivity contribution is -0.385. The standard InChI is InChI=1S/C21H22N6O7.C14H19N5O3.C11H15N5O3.C7H4ClNO4/c1-21(2)33-16-13(7-8-14(28)31-12-5-3-11(4-6-12)27(29)30)32-20(17(16)34-21)26-10-25-15-18(22)23-9-24-19(15)26;1-4-7-9-10(22-14(2,3)21-9)13(20-7)19-6-18-8-11(15)16-5-17-12(8)19;1-2-5-7(17)8(18)11(19-5)16-4-15-6-9(12)13-3-14-10(6)16;8-7(10)13-6-3-1-5(2-4-6)9(11)12/h3-6,9-10,13,16-17,20H,7-8H2,1-2H3,(H2,22,23,24);5-7,9-10,13H,4H2,1-3H3,(H2,15,16,17);3-5,7-8,11,17-18H,2H2,1H3,(H2,12,13,14);1-4H/t13-,16-,17-,20-;7-,9-,10-,13-;5-,7-,8-,11-;/m111./s1. The average Bonchev–Trinajstić information content (AvgIpc) is 1.78. The van der Waals surface area contributed by atoms with Crippen LogP contribution in [0, 0.1) is 20.2 Å². The van der Waals surface area contributed by atoms with Crippen LogP contribution in [0.15, 0.2) is 86.5 Å². The van der Waals surface area contributed by atoms with Gasteiger partial charge in [0.05, 0.1) is 47.1 Å². The minimum atomic E-state index is -1.03. The number of halogens is 1. The van der Waals surface area contributed by atoms with Gasteiger partial charge in [0, 0.05) is 42.3 Å². The second kappa shape index (κ2) is 25.5. The van der Waals surface area contributed by atoms with Crippen molar-refractivity contribution in [3.8, 4) is 11.5 Å². The van der Waals surface area contributed by atoms with Gasteiger partial charge in [0.25, 0.3) is 11.4 Å². The number of non-ortho nitro benzene ring substituents is 2. The van der Waals surface area contributed by atoms with Gasteiger partial charge in [-0.3, -0.25) is 38.7 Å². The van der Waals surface area contributed by atoms with E-state index >= 15 is 0 Å². The molecule has 0 radical (unpaired) electrons. The molecule has 11 heterocycles. The Balaban J connectivity index is 0.000000138. The molecule has 466 valence electrons. The molecule has 5 aliphatic rings. The highest BCUT2D eigenvalue weighted by Crippen LogP contribution is 2.46. The number of rotatable bonds is 12. The topological polar surface area (TPSA) is 453 Å². The Labute approximate surface area is 502 Å². The third kappa shape index (κ3) is 13.1. The molecule has 35 heteroatoms. The number of nitro benzene ring substituents is 2. The first-order chi connectivity index (χ1) is 41.9. The Morgan fingerprint density at radius 3 is 1.33 bits per heavy atom. The molecule has 88 heavy (non-hydrogen) atoms. The molecular formula is C53H60ClN17O17. The van der Waals surface area contributed by atoms with E-state index in [0.717, 1.165) is 6.42 Å². The molecule has 12 atom stereocenters. The Morgan fingerprint density at radius 2 is 0.932 bits per heavy atom. The van der Waals surface area contributed by atoms with E-state index in [-0.39, 0.29) is 65.5 Å². The number of hydrogen-bond donors (Lipinski definition) is 5. The number of aromatic nitrogens is 12. The third-order valence-corrected chi connectivity index (χ3v) is 14.6. The SMILES string of the molecule is CC1(C)O[C@@H]2[C@H](O1)[C@@H](CCC(=O)Oc1ccc([N+](=O)[O-])cc1)O[C@H]2n1cnc2c(N)ncnc21.CC[C@H]1O[C@@H](n2cnc3c(N)ncnc32)[C@@H]2OC(C)(C)O[C@@H]21.CC[C@H]1O[C@@H](n2cnc3c(N)ncnc32)[C@H](O)[C@@H]1O.O=C(Cl)Oc1ccc([N+](=O)[O-])cc1. The van der Waals surface area contributed by atoms with Crippen molar-refractivity contribution in [3.63, 3.8) is 0 Å². The fraction of sp³-hybridized carbons (Fsp3) is 0.453. The molecule has 13 rings (SSSR count). The molecule has 5 aliphatic heterocycles. The molecule has 2 aromatic carbocycles. The number of nitrogens with zero attached hydrogens (tertiary/aromatic N) is 14. The van der Waals surface area contributed by atoms with E-state index in [1.54, 1.807) is 21.8 Å². The molecule has 0 aliphatic carbocycles. The van der Waals surface area contributed by atoms with Gasteiger partial charge in [-0.2, -0.15) is 0 Å². The van der Waals surface area contributed by atoms with Crippen molar-refractivity contribution in [3.05, 3.63) is 107 Å². The van der Waals surface area contributed by atoms with Crippen molar-refractivity contribution in [2.45, 2.75) is 152 Å². The highest BCUT2D eigenvalue weighted by molar-refractivity contribution is 6.61. The predicted molar refractivity (Wildman–Crippen MR) is 304 cm³/mol. The van der Waals surface area contributed by atoms with Crippen LogP contribution >= 0.6 is 11.6 Å². The summed E-state index contributed by atoms with van der Waals surface area (Å²) in [4.78, 5) is 79.7. The summed E-state index contributed by atoms with van der Waals surface area (Å²) in [5.74, 6) is -0.669. The number of ether oxygens (including phenoxy) is 9. The third-order valence-electron chi connectivity index (χ3n) is 14.5. The molecule has 8 aromatic rings. The van der Waals surface area contributed by atoms with E-state index in [4.69, 9.17) is 66.7 Å². The van der Waals surface area contributed by atoms with Crippen LogP contribution in [-0.2, 0) is 38.0 Å². The minimum Gasteiger partial charge on any atom is -0.427 e. The number of aliphatic hydroxyl groups is 2. The van der Waals surface area contributed by atoms with Gasteiger partial charge < -0.3 is 70.0 Å². The van der Waals surface area contributed by atoms with Gasteiger partial charge in [-0.15, -0.1) is 0 Å². The Morgan fingerprint density at radius 1 is 0.557 bits per heavy atom. The summed E-state index contributed by atoms with van der Waals surface area (Å²) in [5.41, 5.74) is 19.4. The fourth-order valence-corrected chi connectivity index (χ4v) is 10.7. The Kier molecular flexibility index (Phi) is 18.0. The lowest BCUT2D eigenvalue weighted by Gasteiger charge is -2.24. The maximum atomic E-state index is 12.4. The van der Waals surface area contributed by atoms with E-state index in [1.807, 2.05) is 39.2 Å². The van der Waals surface area contributed by atoms with E-state index < -0.39 is 81.9 Å². The number of nitro groups is 2. The second-order valence-corrected chi connectivity index (χ2v) is 21.5. The number of benzene rings is 2. The molecule has 0 saturated carbocycles. The summed E-state index contributed by atoms with van der Waals surface area (Å²) in [6, 6.07) is 10.3. The summed E-state index contributed by atoms with van der Waals surface area (Å²) in [7, 11) is 0. The van der Waals surface area contributed by atoms with Crippen LogP contribution in [0.5, 0.6) is 11.5 Å². The smallest absolute Gasteiger partial charge is 0.409 e. The van der Waals surface area contributed by atoms with Crippen LogP contribution in [0.25, 0.3) is 33.5 Å². The molecule has 0 bridgehead atoms. The molecule has 6 aromatic heterocycles. The van der Waals surface area contributed by atoms with Crippen LogP contribution in [0.4, 0.5) is 33.6 Å². The van der Waals surface area contributed by atoms with Gasteiger partial charge in [0.15, 0.2) is 64.7 Å². The highest BCUT2D eigenvalue weighted by Gasteiger charge is 2.57. The van der Waals surface area contributed by atoms with Crippen LogP contribution in [0.1, 0.15) is 85.9 Å². The maximum Gasteiger partial charge on any atom is 0.409 e. The van der Waals surface area contributed by atoms with E-state index in [2.05, 4.69) is 56.5 Å². The molecule has 0 spiro atoms. The number of aliphatic hydroxyl groups excluding tert-OH is 2. The zero-order chi connectivity index (χ0) is 62.9. The van der Waals surface area contributed by atoms with Gasteiger partial charge in [-0.25, -0.2) is 49.7 Å². The predicted octanol–water partition coefficient (Wildman–Crippen LogP) is 5.13. The van der Waals surface area contributed by atoms with Crippen LogP contribution < -0.4 is 26.7 Å². The van der Waals surface area contributed by atoms with Crippen LogP contribution in [0.2, 0.25) is 0 Å². The normalized spacial score (nSPS) is 26.2. The maximum absolute atomic E-state index is 12.4. The van der Waals surface area contributed by atoms with Gasteiger partial charge in [0.2, 0.25) is 0 Å². The number of esters is 1. The number of carbonyl (C=O) groups excluding carboxylic acids is 2.